The van der Waals surface area contributed by atoms with Crippen LogP contribution >= 0.6 is 7.82 Å². The Kier molecular flexibility index (Phi) is 36.1. The third-order valence-electron chi connectivity index (χ3n) is 9.21. The minimum Gasteiger partial charge on any atom is -0.756 e. The maximum absolute atomic E-state index is 12.7. The van der Waals surface area contributed by atoms with Crippen LogP contribution in [0.15, 0.2) is 72.9 Å². The Morgan fingerprint density at radius 2 is 1.11 bits per heavy atom. The number of hydrogen-bond donors (Lipinski definition) is 2. The first kappa shape index (κ1) is 52.9. The van der Waals surface area contributed by atoms with Crippen LogP contribution in [0.2, 0.25) is 0 Å². The number of amides is 1. The Labute approximate surface area is 338 Å². The van der Waals surface area contributed by atoms with Gasteiger partial charge in [0.15, 0.2) is 0 Å². The molecule has 0 bridgehead atoms. The maximum Gasteiger partial charge on any atom is 0.268 e. The summed E-state index contributed by atoms with van der Waals surface area (Å²) in [5, 5.41) is 13.6. The summed E-state index contributed by atoms with van der Waals surface area (Å²) >= 11 is 0. The first-order valence-electron chi connectivity index (χ1n) is 21.8. The molecule has 0 saturated heterocycles. The van der Waals surface area contributed by atoms with Gasteiger partial charge < -0.3 is 28.8 Å². The highest BCUT2D eigenvalue weighted by molar-refractivity contribution is 7.45. The Morgan fingerprint density at radius 3 is 1.60 bits per heavy atom. The molecule has 0 aromatic heterocycles. The van der Waals surface area contributed by atoms with Crippen LogP contribution in [0.25, 0.3) is 0 Å². The molecule has 8 nitrogen and oxygen atoms in total. The summed E-state index contributed by atoms with van der Waals surface area (Å²) in [4.78, 5) is 25.0. The van der Waals surface area contributed by atoms with Gasteiger partial charge in [-0.1, -0.05) is 164 Å². The molecule has 1 amide bonds. The van der Waals surface area contributed by atoms with Gasteiger partial charge in [0.05, 0.1) is 39.9 Å². The number of carbonyl (C=O) groups is 1. The predicted molar refractivity (Wildman–Crippen MR) is 233 cm³/mol. The second-order valence-corrected chi connectivity index (χ2v) is 17.1. The van der Waals surface area contributed by atoms with Crippen molar-refractivity contribution in [2.24, 2.45) is 0 Å². The van der Waals surface area contributed by atoms with Gasteiger partial charge in [-0.05, 0) is 64.2 Å². The maximum atomic E-state index is 12.7. The zero-order valence-electron chi connectivity index (χ0n) is 35.9. The van der Waals surface area contributed by atoms with Crippen molar-refractivity contribution >= 4 is 13.7 Å². The fourth-order valence-corrected chi connectivity index (χ4v) is 6.47. The van der Waals surface area contributed by atoms with E-state index in [1.807, 2.05) is 21.1 Å². The monoisotopic (exact) mass is 791 g/mol. The van der Waals surface area contributed by atoms with Gasteiger partial charge in [0.1, 0.15) is 13.2 Å². The number of nitrogens with one attached hydrogen (secondary N) is 1. The average molecular weight is 791 g/mol. The highest BCUT2D eigenvalue weighted by atomic mass is 31.2. The fourth-order valence-electron chi connectivity index (χ4n) is 5.75. The first-order chi connectivity index (χ1) is 26.5. The van der Waals surface area contributed by atoms with Crippen molar-refractivity contribution in [2.45, 2.75) is 174 Å². The number of rotatable bonds is 38. The number of allylic oxidation sites excluding steroid dienone is 12. The smallest absolute Gasteiger partial charge is 0.268 e. The number of phosphoric acid groups is 1. The van der Waals surface area contributed by atoms with Crippen molar-refractivity contribution in [3.63, 3.8) is 0 Å². The van der Waals surface area contributed by atoms with Gasteiger partial charge in [0.2, 0.25) is 5.91 Å². The second-order valence-electron chi connectivity index (χ2n) is 15.7. The van der Waals surface area contributed by atoms with Gasteiger partial charge >= 0.3 is 0 Å². The van der Waals surface area contributed by atoms with Gasteiger partial charge in [-0.15, -0.1) is 0 Å². The average Bonchev–Trinajstić information content (AvgIpc) is 3.13. The molecule has 2 N–H and O–H groups in total. The van der Waals surface area contributed by atoms with Crippen LogP contribution in [0.1, 0.15) is 162 Å². The molecule has 0 saturated carbocycles. The number of unbranched alkanes of at least 4 members (excludes halogenated alkanes) is 13. The van der Waals surface area contributed by atoms with Crippen LogP contribution in [0, 0.1) is 0 Å². The molecule has 55 heavy (non-hydrogen) atoms. The van der Waals surface area contributed by atoms with E-state index >= 15 is 0 Å². The Morgan fingerprint density at radius 1 is 0.655 bits per heavy atom. The number of phosphoric ester groups is 1. The second kappa shape index (κ2) is 37.5. The third-order valence-corrected chi connectivity index (χ3v) is 10.2. The lowest BCUT2D eigenvalue weighted by atomic mass is 10.0. The molecule has 0 rings (SSSR count). The Balaban J connectivity index is 3.97. The summed E-state index contributed by atoms with van der Waals surface area (Å²) in [6.45, 7) is 4.45. The number of hydrogen-bond acceptors (Lipinski definition) is 6. The molecule has 0 aliphatic carbocycles. The molecule has 318 valence electrons. The highest BCUT2D eigenvalue weighted by Gasteiger charge is 2.24. The number of aliphatic hydroxyl groups is 1. The Hall–Kier alpha value is -2.06. The van der Waals surface area contributed by atoms with Gasteiger partial charge in [-0.25, -0.2) is 0 Å². The molecule has 3 unspecified atom stereocenters. The molecule has 9 heteroatoms. The minimum atomic E-state index is -4.55. The zero-order valence-corrected chi connectivity index (χ0v) is 36.7. The van der Waals surface area contributed by atoms with Crippen LogP contribution in [-0.2, 0) is 18.4 Å². The van der Waals surface area contributed by atoms with Crippen molar-refractivity contribution in [2.75, 3.05) is 40.9 Å². The van der Waals surface area contributed by atoms with E-state index in [-0.39, 0.29) is 19.1 Å². The molecule has 0 aliphatic rings. The number of likely N-dealkylation sites (N-methyl/N-ethyl adjacent to an activating group) is 1. The van der Waals surface area contributed by atoms with E-state index in [2.05, 4.69) is 92.1 Å². The van der Waals surface area contributed by atoms with Gasteiger partial charge in [0.25, 0.3) is 7.82 Å². The number of nitrogens with zero attached hydrogens (tertiary/aromatic N) is 1. The number of quaternary nitrogens is 1. The van der Waals surface area contributed by atoms with Gasteiger partial charge in [-0.3, -0.25) is 9.36 Å². The zero-order chi connectivity index (χ0) is 40.7. The van der Waals surface area contributed by atoms with E-state index in [1.54, 1.807) is 0 Å². The van der Waals surface area contributed by atoms with Crippen molar-refractivity contribution in [3.05, 3.63) is 72.9 Å². The van der Waals surface area contributed by atoms with Crippen molar-refractivity contribution in [3.8, 4) is 0 Å². The summed E-state index contributed by atoms with van der Waals surface area (Å²) in [7, 11) is 1.28. The molecular weight excluding hydrogens is 707 g/mol. The lowest BCUT2D eigenvalue weighted by Crippen LogP contribution is -2.46. The summed E-state index contributed by atoms with van der Waals surface area (Å²) in [5.41, 5.74) is 0. The van der Waals surface area contributed by atoms with E-state index in [0.29, 0.717) is 23.9 Å². The van der Waals surface area contributed by atoms with Crippen LogP contribution in [0.5, 0.6) is 0 Å². The Bertz CT molecular complexity index is 1120. The van der Waals surface area contributed by atoms with Crippen molar-refractivity contribution in [1.29, 1.82) is 0 Å². The number of carbonyl (C=O) groups excluding carboxylic acids is 1. The molecule has 0 aromatic rings. The summed E-state index contributed by atoms with van der Waals surface area (Å²) < 4.78 is 23.0. The first-order valence-corrected chi connectivity index (χ1v) is 23.2. The van der Waals surface area contributed by atoms with Crippen molar-refractivity contribution < 1.29 is 32.9 Å². The van der Waals surface area contributed by atoms with Crippen LogP contribution < -0.4 is 10.2 Å². The van der Waals surface area contributed by atoms with E-state index in [9.17, 15) is 19.4 Å². The van der Waals surface area contributed by atoms with Crippen molar-refractivity contribution in [1.82, 2.24) is 5.32 Å². The van der Waals surface area contributed by atoms with E-state index in [4.69, 9.17) is 9.05 Å². The molecule has 3 atom stereocenters. The SMILES string of the molecule is CC/C=C\C/C=C\C/C=C\C/C=C\C/C=C\C/C=C\CCCCCCCCCCCCC(=O)NC(COP(=O)([O-])OCC[N+](C)(C)C)C(O)CCCCCC. The lowest BCUT2D eigenvalue weighted by molar-refractivity contribution is -0.870. The molecule has 0 fully saturated rings. The van der Waals surface area contributed by atoms with Gasteiger partial charge in [0, 0.05) is 6.42 Å². The minimum absolute atomic E-state index is 0.00655. The standard InChI is InChI=1S/C46H83N2O6P/c1-6-8-10-12-13-14-15-16-17-18-19-20-21-22-23-24-25-26-27-28-29-30-31-32-33-34-35-36-38-40-46(50)47-44(45(49)39-37-11-9-7-2)43-54-55(51,52)53-42-41-48(3,4)5/h8,10,13-14,16-17,19-20,22-23,25-26,44-45,49H,6-7,9,11-12,15,18,21,24,27-43H2,1-5H3,(H-,47,50,51,52)/b10-8-,14-13-,17-16-,20-19-,23-22-,26-25-. The van der Waals surface area contributed by atoms with E-state index in [1.165, 1.54) is 44.9 Å². The molecule has 0 aliphatic heterocycles. The van der Waals surface area contributed by atoms with Crippen LogP contribution in [0.3, 0.4) is 0 Å². The van der Waals surface area contributed by atoms with Crippen LogP contribution in [0.4, 0.5) is 0 Å². The topological polar surface area (TPSA) is 108 Å². The molecule has 0 heterocycles. The van der Waals surface area contributed by atoms with E-state index in [0.717, 1.165) is 89.9 Å². The molecule has 0 radical (unpaired) electrons. The largest absolute Gasteiger partial charge is 0.756 e. The van der Waals surface area contributed by atoms with Gasteiger partial charge in [-0.2, -0.15) is 0 Å². The summed E-state index contributed by atoms with van der Waals surface area (Å²) in [6, 6.07) is -0.802. The third kappa shape index (κ3) is 40.0. The summed E-state index contributed by atoms with van der Waals surface area (Å²) in [5.74, 6) is -0.183. The van der Waals surface area contributed by atoms with E-state index < -0.39 is 20.0 Å². The highest BCUT2D eigenvalue weighted by Crippen LogP contribution is 2.38. The number of aliphatic hydroxyl groups excluding tert-OH is 1. The molecule has 0 spiro atoms. The molecular formula is C46H83N2O6P. The quantitative estimate of drug-likeness (QED) is 0.0279. The van der Waals surface area contributed by atoms with Crippen LogP contribution in [-0.4, -0.2) is 68.5 Å². The lowest BCUT2D eigenvalue weighted by Gasteiger charge is -2.30. The normalized spacial score (nSPS) is 15.1. The summed E-state index contributed by atoms with van der Waals surface area (Å²) in [6.07, 6.45) is 49.8. The molecule has 0 aromatic carbocycles. The predicted octanol–water partition coefficient (Wildman–Crippen LogP) is 11.4. The fraction of sp³-hybridized carbons (Fsp3) is 0.717.